The molecule has 1 aromatic heterocycles. The van der Waals surface area contributed by atoms with E-state index < -0.39 is 11.9 Å². The summed E-state index contributed by atoms with van der Waals surface area (Å²) in [5.74, 6) is -0.183. The normalized spacial score (nSPS) is 11.5. The number of amides is 3. The van der Waals surface area contributed by atoms with Crippen molar-refractivity contribution in [1.29, 1.82) is 0 Å². The van der Waals surface area contributed by atoms with Crippen LogP contribution < -0.4 is 25.8 Å². The first kappa shape index (κ1) is 27.3. The number of primary amides is 1. The van der Waals surface area contributed by atoms with Crippen LogP contribution in [0.1, 0.15) is 27.9 Å². The zero-order valence-electron chi connectivity index (χ0n) is 21.7. The number of nitrogens with one attached hydrogen (secondary N) is 3. The average Bonchev–Trinajstić information content (AvgIpc) is 3.36. The van der Waals surface area contributed by atoms with Gasteiger partial charge in [-0.15, -0.1) is 0 Å². The van der Waals surface area contributed by atoms with Gasteiger partial charge in [-0.05, 0) is 48.2 Å². The molecule has 0 aliphatic heterocycles. The third-order valence-electron chi connectivity index (χ3n) is 6.38. The number of fused-ring (bicyclic) bond motifs is 1. The fraction of sp³-hybridized carbons (Fsp3) is 0.233. The van der Waals surface area contributed by atoms with E-state index in [0.29, 0.717) is 12.8 Å². The number of hydrogen-bond acceptors (Lipinski definition) is 5. The van der Waals surface area contributed by atoms with Crippen LogP contribution in [0.5, 0.6) is 11.5 Å². The van der Waals surface area contributed by atoms with Crippen LogP contribution in [0.15, 0.2) is 79.0 Å². The molecule has 0 radical (unpaired) electrons. The number of para-hydroxylation sites is 3. The van der Waals surface area contributed by atoms with Gasteiger partial charge in [-0.1, -0.05) is 48.5 Å². The maximum Gasteiger partial charge on any atom is 0.258 e. The zero-order valence-corrected chi connectivity index (χ0v) is 21.7. The first-order valence-electron chi connectivity index (χ1n) is 12.7. The van der Waals surface area contributed by atoms with Crippen LogP contribution >= 0.6 is 0 Å². The zero-order chi connectivity index (χ0) is 27.6. The Kier molecular flexibility index (Phi) is 9.18. The molecule has 9 heteroatoms. The molecule has 9 nitrogen and oxygen atoms in total. The van der Waals surface area contributed by atoms with Crippen LogP contribution in [0.25, 0.3) is 10.9 Å². The number of nitrogens with two attached hydrogens (primary N) is 1. The fourth-order valence-corrected chi connectivity index (χ4v) is 4.43. The van der Waals surface area contributed by atoms with Crippen molar-refractivity contribution in [2.24, 2.45) is 5.73 Å². The van der Waals surface area contributed by atoms with E-state index in [1.165, 1.54) is 6.07 Å². The van der Waals surface area contributed by atoms with Crippen molar-refractivity contribution in [2.45, 2.75) is 25.3 Å². The average molecular weight is 529 g/mol. The fourth-order valence-electron chi connectivity index (χ4n) is 4.43. The van der Waals surface area contributed by atoms with E-state index in [-0.39, 0.29) is 42.7 Å². The summed E-state index contributed by atoms with van der Waals surface area (Å²) >= 11 is 0. The summed E-state index contributed by atoms with van der Waals surface area (Å²) in [4.78, 5) is 40.4. The molecular weight excluding hydrogens is 496 g/mol. The highest BCUT2D eigenvalue weighted by Gasteiger charge is 2.18. The Bertz CT molecular complexity index is 1450. The van der Waals surface area contributed by atoms with Gasteiger partial charge in [0.15, 0.2) is 6.61 Å². The van der Waals surface area contributed by atoms with Gasteiger partial charge in [0, 0.05) is 30.1 Å². The molecule has 0 bridgehead atoms. The second kappa shape index (κ2) is 13.1. The number of carbonyl (C=O) groups excluding carboxylic acids is 3. The molecular formula is C30H32N4O5. The minimum Gasteiger partial charge on any atom is -0.496 e. The number of methoxy groups -OCH3 is 1. The molecule has 0 unspecified atom stereocenters. The molecule has 3 amide bonds. The molecule has 0 spiro atoms. The lowest BCUT2D eigenvalue weighted by atomic mass is 10.0. The number of aryl methyl sites for hydroxylation is 1. The highest BCUT2D eigenvalue weighted by atomic mass is 16.5. The Morgan fingerprint density at radius 1 is 0.897 bits per heavy atom. The minimum absolute atomic E-state index is 0.134. The summed E-state index contributed by atoms with van der Waals surface area (Å²) in [6.45, 7) is -0.0791. The minimum atomic E-state index is -0.640. The van der Waals surface area contributed by atoms with E-state index in [9.17, 15) is 14.4 Å². The van der Waals surface area contributed by atoms with Crippen LogP contribution in [0.2, 0.25) is 0 Å². The summed E-state index contributed by atoms with van der Waals surface area (Å²) in [6.07, 6.45) is 3.21. The second-order valence-electron chi connectivity index (χ2n) is 9.09. The smallest absolute Gasteiger partial charge is 0.258 e. The van der Waals surface area contributed by atoms with E-state index >= 15 is 0 Å². The Morgan fingerprint density at radius 3 is 2.41 bits per heavy atom. The highest BCUT2D eigenvalue weighted by molar-refractivity contribution is 5.95. The lowest BCUT2D eigenvalue weighted by Gasteiger charge is -2.20. The van der Waals surface area contributed by atoms with Crippen molar-refractivity contribution < 1.29 is 23.9 Å². The Hall–Kier alpha value is -4.79. The van der Waals surface area contributed by atoms with Crippen LogP contribution in [-0.4, -0.2) is 49.0 Å². The molecule has 202 valence electrons. The molecule has 5 N–H and O–H groups in total. The van der Waals surface area contributed by atoms with Gasteiger partial charge in [0.2, 0.25) is 5.91 Å². The molecule has 1 heterocycles. The van der Waals surface area contributed by atoms with Gasteiger partial charge >= 0.3 is 0 Å². The third kappa shape index (κ3) is 7.38. The van der Waals surface area contributed by atoms with Gasteiger partial charge in [0.1, 0.15) is 11.5 Å². The lowest BCUT2D eigenvalue weighted by Crippen LogP contribution is -2.46. The number of aromatic amines is 1. The summed E-state index contributed by atoms with van der Waals surface area (Å²) in [5, 5.41) is 6.95. The Morgan fingerprint density at radius 2 is 1.62 bits per heavy atom. The van der Waals surface area contributed by atoms with E-state index in [1.807, 2.05) is 54.7 Å². The van der Waals surface area contributed by atoms with E-state index in [0.717, 1.165) is 27.8 Å². The maximum atomic E-state index is 12.8. The van der Waals surface area contributed by atoms with Gasteiger partial charge in [0.05, 0.1) is 18.7 Å². The van der Waals surface area contributed by atoms with Crippen molar-refractivity contribution in [3.05, 3.63) is 95.7 Å². The molecule has 4 aromatic rings. The predicted molar refractivity (Wildman–Crippen MR) is 149 cm³/mol. The number of carbonyl (C=O) groups is 3. The predicted octanol–water partition coefficient (Wildman–Crippen LogP) is 3.13. The molecule has 1 atom stereocenters. The number of ether oxygens (including phenoxy) is 2. The summed E-state index contributed by atoms with van der Waals surface area (Å²) < 4.78 is 11.0. The van der Waals surface area contributed by atoms with E-state index in [1.54, 1.807) is 25.3 Å². The van der Waals surface area contributed by atoms with Gasteiger partial charge < -0.3 is 30.8 Å². The molecule has 0 aliphatic carbocycles. The van der Waals surface area contributed by atoms with Gasteiger partial charge in [0.25, 0.3) is 11.8 Å². The Labute approximate surface area is 226 Å². The van der Waals surface area contributed by atoms with Crippen molar-refractivity contribution in [3.8, 4) is 11.5 Å². The number of rotatable bonds is 13. The molecule has 0 aliphatic rings. The van der Waals surface area contributed by atoms with Crippen molar-refractivity contribution in [1.82, 2.24) is 15.6 Å². The molecule has 0 saturated carbocycles. The first-order valence-corrected chi connectivity index (χ1v) is 12.7. The molecule has 39 heavy (non-hydrogen) atoms. The van der Waals surface area contributed by atoms with Crippen molar-refractivity contribution in [2.75, 3.05) is 20.3 Å². The van der Waals surface area contributed by atoms with Crippen LogP contribution in [0.4, 0.5) is 0 Å². The van der Waals surface area contributed by atoms with Crippen LogP contribution in [0.3, 0.4) is 0 Å². The van der Waals surface area contributed by atoms with Gasteiger partial charge in [-0.25, -0.2) is 0 Å². The van der Waals surface area contributed by atoms with E-state index in [2.05, 4.69) is 15.6 Å². The molecule has 0 fully saturated rings. The number of benzene rings is 3. The van der Waals surface area contributed by atoms with Crippen LogP contribution in [-0.2, 0) is 22.4 Å². The largest absolute Gasteiger partial charge is 0.496 e. The monoisotopic (exact) mass is 528 g/mol. The summed E-state index contributed by atoms with van der Waals surface area (Å²) in [6, 6.07) is 21.6. The Balaban J connectivity index is 1.39. The molecule has 3 aromatic carbocycles. The number of hydrogen-bond donors (Lipinski definition) is 4. The van der Waals surface area contributed by atoms with Gasteiger partial charge in [-0.3, -0.25) is 14.4 Å². The SMILES string of the molecule is COc1ccccc1CCC(=O)NC[C@@H](Cc1c[nH]c2ccccc12)NC(=O)COc1ccccc1C(N)=O. The number of aromatic nitrogens is 1. The van der Waals surface area contributed by atoms with Crippen LogP contribution in [0, 0.1) is 0 Å². The second-order valence-corrected chi connectivity index (χ2v) is 9.09. The lowest BCUT2D eigenvalue weighted by molar-refractivity contribution is -0.125. The highest BCUT2D eigenvalue weighted by Crippen LogP contribution is 2.20. The maximum absolute atomic E-state index is 12.8. The van der Waals surface area contributed by atoms with Crippen molar-refractivity contribution in [3.63, 3.8) is 0 Å². The third-order valence-corrected chi connectivity index (χ3v) is 6.38. The molecule has 0 saturated heterocycles. The summed E-state index contributed by atoms with van der Waals surface area (Å²) in [7, 11) is 1.60. The topological polar surface area (TPSA) is 136 Å². The molecule has 4 rings (SSSR count). The summed E-state index contributed by atoms with van der Waals surface area (Å²) in [5.41, 5.74) is 8.55. The quantitative estimate of drug-likeness (QED) is 0.211. The number of H-pyrrole nitrogens is 1. The van der Waals surface area contributed by atoms with Gasteiger partial charge in [-0.2, -0.15) is 0 Å². The van der Waals surface area contributed by atoms with Crippen molar-refractivity contribution >= 4 is 28.6 Å². The standard InChI is InChI=1S/C30H32N4O5/c1-38-26-12-6-2-8-20(26)14-15-28(35)33-18-22(16-21-17-32-25-11-5-3-9-23(21)25)34-29(36)19-39-27-13-7-4-10-24(27)30(31)37/h2-13,17,22,32H,14-16,18-19H2,1H3,(H2,31,37)(H,33,35)(H,34,36)/t22-/m1/s1. The van der Waals surface area contributed by atoms with E-state index in [4.69, 9.17) is 15.2 Å². The first-order chi connectivity index (χ1) is 18.9.